The second-order valence-corrected chi connectivity index (χ2v) is 8.79. The Labute approximate surface area is 179 Å². The molecule has 8 heteroatoms. The normalized spacial score (nSPS) is 11.5. The molecule has 31 heavy (non-hydrogen) atoms. The van der Waals surface area contributed by atoms with Crippen molar-refractivity contribution in [2.45, 2.75) is 4.90 Å². The van der Waals surface area contributed by atoms with Gasteiger partial charge in [-0.2, -0.15) is 0 Å². The highest BCUT2D eigenvalue weighted by molar-refractivity contribution is 7.90. The molecule has 0 aliphatic carbocycles. The van der Waals surface area contributed by atoms with E-state index in [1.165, 1.54) is 18.2 Å². The molecular weight excluding hydrogens is 419 g/mol. The molecule has 0 saturated carbocycles. The van der Waals surface area contributed by atoms with E-state index in [1.807, 2.05) is 10.8 Å². The lowest BCUT2D eigenvalue weighted by atomic mass is 10.1. The van der Waals surface area contributed by atoms with Gasteiger partial charge in [0.05, 0.1) is 10.3 Å². The molecule has 1 heterocycles. The van der Waals surface area contributed by atoms with E-state index in [2.05, 4.69) is 0 Å². The molecule has 158 valence electrons. The summed E-state index contributed by atoms with van der Waals surface area (Å²) in [5.74, 6) is -1.85. The van der Waals surface area contributed by atoms with E-state index in [9.17, 15) is 17.6 Å². The molecule has 1 N–H and O–H groups in total. The summed E-state index contributed by atoms with van der Waals surface area (Å²) in [7, 11) is -0.729. The molecule has 1 aromatic heterocycles. The first-order valence-electron chi connectivity index (χ1n) is 9.38. The third kappa shape index (κ3) is 4.02. The second kappa shape index (κ2) is 7.88. The van der Waals surface area contributed by atoms with Crippen LogP contribution in [-0.4, -0.2) is 28.4 Å². The standard InChI is InChI=1S/C23H19FN2O4S/c1-26(2)16-12-19(24)18-14-21(30-20(18)13-16)23(27)25-31(28,29)22-11-7-6-10-17(22)15-8-4-3-5-9-15/h3-14H,1-2H3,(H,25,27). The van der Waals surface area contributed by atoms with Gasteiger partial charge in [0.2, 0.25) is 0 Å². The van der Waals surface area contributed by atoms with Gasteiger partial charge in [-0.05, 0) is 17.7 Å². The first-order valence-corrected chi connectivity index (χ1v) is 10.9. The Balaban J connectivity index is 1.69. The van der Waals surface area contributed by atoms with Crippen molar-refractivity contribution >= 4 is 32.6 Å². The van der Waals surface area contributed by atoms with Crippen LogP contribution in [0.2, 0.25) is 0 Å². The Morgan fingerprint density at radius 2 is 1.65 bits per heavy atom. The average molecular weight is 438 g/mol. The van der Waals surface area contributed by atoms with E-state index >= 15 is 0 Å². The van der Waals surface area contributed by atoms with Crippen molar-refractivity contribution in [1.29, 1.82) is 0 Å². The summed E-state index contributed by atoms with van der Waals surface area (Å²) >= 11 is 0. The van der Waals surface area contributed by atoms with Gasteiger partial charge in [-0.3, -0.25) is 4.79 Å². The number of benzene rings is 3. The highest BCUT2D eigenvalue weighted by Crippen LogP contribution is 2.29. The fraction of sp³-hybridized carbons (Fsp3) is 0.0870. The molecule has 0 aliphatic rings. The summed E-state index contributed by atoms with van der Waals surface area (Å²) in [4.78, 5) is 14.3. The van der Waals surface area contributed by atoms with Crippen molar-refractivity contribution < 1.29 is 22.0 Å². The molecule has 0 bridgehead atoms. The maximum atomic E-state index is 14.4. The van der Waals surface area contributed by atoms with Gasteiger partial charge in [0.15, 0.2) is 5.76 Å². The third-order valence-corrected chi connectivity index (χ3v) is 6.19. The molecule has 0 unspecified atom stereocenters. The summed E-state index contributed by atoms with van der Waals surface area (Å²) in [6, 6.07) is 19.4. The van der Waals surface area contributed by atoms with Crippen LogP contribution in [0.1, 0.15) is 10.6 Å². The Hall–Kier alpha value is -3.65. The highest BCUT2D eigenvalue weighted by atomic mass is 32.2. The third-order valence-electron chi connectivity index (χ3n) is 4.80. The van der Waals surface area contributed by atoms with E-state index < -0.39 is 21.7 Å². The Bertz CT molecular complexity index is 1380. The number of furan rings is 1. The van der Waals surface area contributed by atoms with Crippen LogP contribution in [0.4, 0.5) is 10.1 Å². The van der Waals surface area contributed by atoms with Crippen LogP contribution in [0.25, 0.3) is 22.1 Å². The fourth-order valence-corrected chi connectivity index (χ4v) is 4.42. The summed E-state index contributed by atoms with van der Waals surface area (Å²) in [5, 5.41) is 0.0952. The first kappa shape index (κ1) is 20.6. The molecule has 4 rings (SSSR count). The molecule has 1 amide bonds. The summed E-state index contributed by atoms with van der Waals surface area (Å²) in [6.45, 7) is 0. The largest absolute Gasteiger partial charge is 0.451 e. The predicted molar refractivity (Wildman–Crippen MR) is 117 cm³/mol. The van der Waals surface area contributed by atoms with Crippen LogP contribution in [-0.2, 0) is 10.0 Å². The second-order valence-electron chi connectivity index (χ2n) is 7.14. The lowest BCUT2D eigenvalue weighted by Gasteiger charge is -2.11. The molecule has 0 saturated heterocycles. The van der Waals surface area contributed by atoms with Crippen LogP contribution < -0.4 is 9.62 Å². The van der Waals surface area contributed by atoms with Crippen molar-refractivity contribution in [2.24, 2.45) is 0 Å². The predicted octanol–water partition coefficient (Wildman–Crippen LogP) is 4.42. The number of hydrogen-bond acceptors (Lipinski definition) is 5. The van der Waals surface area contributed by atoms with Crippen LogP contribution in [0, 0.1) is 5.82 Å². The number of anilines is 1. The maximum Gasteiger partial charge on any atom is 0.300 e. The van der Waals surface area contributed by atoms with Crippen molar-refractivity contribution in [1.82, 2.24) is 4.72 Å². The van der Waals surface area contributed by atoms with Gasteiger partial charge in [0, 0.05) is 37.5 Å². The van der Waals surface area contributed by atoms with E-state index in [0.29, 0.717) is 16.8 Å². The quantitative estimate of drug-likeness (QED) is 0.499. The topological polar surface area (TPSA) is 79.6 Å². The number of carbonyl (C=O) groups excluding carboxylic acids is 1. The van der Waals surface area contributed by atoms with Gasteiger partial charge in [-0.25, -0.2) is 17.5 Å². The van der Waals surface area contributed by atoms with Gasteiger partial charge < -0.3 is 9.32 Å². The minimum Gasteiger partial charge on any atom is -0.451 e. The number of fused-ring (bicyclic) bond motifs is 1. The van der Waals surface area contributed by atoms with E-state index in [1.54, 1.807) is 67.5 Å². The van der Waals surface area contributed by atoms with Gasteiger partial charge in [-0.15, -0.1) is 0 Å². The van der Waals surface area contributed by atoms with Crippen molar-refractivity contribution in [3.05, 3.63) is 84.4 Å². The van der Waals surface area contributed by atoms with Gasteiger partial charge >= 0.3 is 5.91 Å². The first-order chi connectivity index (χ1) is 14.8. The minimum atomic E-state index is -4.22. The highest BCUT2D eigenvalue weighted by Gasteiger charge is 2.25. The lowest BCUT2D eigenvalue weighted by Crippen LogP contribution is -2.30. The SMILES string of the molecule is CN(C)c1cc(F)c2cc(C(=O)NS(=O)(=O)c3ccccc3-c3ccccc3)oc2c1. The summed E-state index contributed by atoms with van der Waals surface area (Å²) in [6.07, 6.45) is 0. The van der Waals surface area contributed by atoms with Gasteiger partial charge in [0.25, 0.3) is 10.0 Å². The fourth-order valence-electron chi connectivity index (χ4n) is 3.24. The number of carbonyl (C=O) groups is 1. The molecule has 0 atom stereocenters. The van der Waals surface area contributed by atoms with Gasteiger partial charge in [-0.1, -0.05) is 48.5 Å². The Morgan fingerprint density at radius 3 is 2.35 bits per heavy atom. The number of rotatable bonds is 5. The smallest absolute Gasteiger partial charge is 0.300 e. The van der Waals surface area contributed by atoms with Crippen LogP contribution in [0.3, 0.4) is 0 Å². The lowest BCUT2D eigenvalue weighted by molar-refractivity contribution is 0.0956. The molecule has 6 nitrogen and oxygen atoms in total. The molecule has 0 spiro atoms. The number of amides is 1. The van der Waals surface area contributed by atoms with Gasteiger partial charge in [0.1, 0.15) is 11.4 Å². The minimum absolute atomic E-state index is 0.0493. The summed E-state index contributed by atoms with van der Waals surface area (Å²) in [5.41, 5.74) is 1.85. The average Bonchev–Trinajstić information content (AvgIpc) is 3.19. The number of halogens is 1. The van der Waals surface area contributed by atoms with Crippen LogP contribution >= 0.6 is 0 Å². The van der Waals surface area contributed by atoms with Crippen LogP contribution in [0.15, 0.2) is 82.1 Å². The summed E-state index contributed by atoms with van der Waals surface area (Å²) < 4.78 is 47.8. The molecular formula is C23H19FN2O4S. The van der Waals surface area contributed by atoms with Crippen LogP contribution in [0.5, 0.6) is 0 Å². The maximum absolute atomic E-state index is 14.4. The van der Waals surface area contributed by atoms with Crippen molar-refractivity contribution in [3.63, 3.8) is 0 Å². The zero-order valence-electron chi connectivity index (χ0n) is 16.8. The molecule has 3 aromatic carbocycles. The Kier molecular flexibility index (Phi) is 5.24. The number of nitrogens with one attached hydrogen (secondary N) is 1. The number of hydrogen-bond donors (Lipinski definition) is 1. The van der Waals surface area contributed by atoms with Crippen molar-refractivity contribution in [3.8, 4) is 11.1 Å². The number of nitrogens with zero attached hydrogens (tertiary/aromatic N) is 1. The molecule has 0 radical (unpaired) electrons. The monoisotopic (exact) mass is 438 g/mol. The number of sulfonamides is 1. The molecule has 0 aliphatic heterocycles. The van der Waals surface area contributed by atoms with E-state index in [4.69, 9.17) is 4.42 Å². The molecule has 0 fully saturated rings. The zero-order chi connectivity index (χ0) is 22.2. The van der Waals surface area contributed by atoms with Crippen molar-refractivity contribution in [2.75, 3.05) is 19.0 Å². The van der Waals surface area contributed by atoms with E-state index in [0.717, 1.165) is 0 Å². The molecule has 4 aromatic rings. The Morgan fingerprint density at radius 1 is 0.968 bits per heavy atom. The van der Waals surface area contributed by atoms with E-state index in [-0.39, 0.29) is 21.6 Å². The zero-order valence-corrected chi connectivity index (χ0v) is 17.6.